The van der Waals surface area contributed by atoms with Crippen LogP contribution in [0.15, 0.2) is 10.9 Å². The molecule has 0 unspecified atom stereocenters. The zero-order valence-electron chi connectivity index (χ0n) is 7.55. The van der Waals surface area contributed by atoms with Gasteiger partial charge in [0.05, 0.1) is 5.56 Å². The molecule has 0 fully saturated rings. The van der Waals surface area contributed by atoms with Gasteiger partial charge in [-0.05, 0) is 19.9 Å². The summed E-state index contributed by atoms with van der Waals surface area (Å²) in [7, 11) is 0. The molecule has 0 amide bonds. The zero-order valence-corrected chi connectivity index (χ0v) is 7.55. The van der Waals surface area contributed by atoms with E-state index in [1.807, 2.05) is 0 Å². The second kappa shape index (κ2) is 3.43. The average Bonchev–Trinajstić information content (AvgIpc) is 1.96. The third-order valence-electron chi connectivity index (χ3n) is 1.67. The van der Waals surface area contributed by atoms with Crippen LogP contribution >= 0.6 is 0 Å². The van der Waals surface area contributed by atoms with Gasteiger partial charge in [0, 0.05) is 12.1 Å². The highest BCUT2D eigenvalue weighted by molar-refractivity contribution is 5.78. The predicted octanol–water partition coefficient (Wildman–Crippen LogP) is 0.520. The van der Waals surface area contributed by atoms with E-state index in [1.54, 1.807) is 6.92 Å². The number of aromatic hydroxyl groups is 1. The monoisotopic (exact) mass is 181 g/mol. The molecule has 0 aliphatic rings. The van der Waals surface area contributed by atoms with Crippen LogP contribution < -0.4 is 5.56 Å². The number of carbonyl (C=O) groups excluding carboxylic acids is 1. The van der Waals surface area contributed by atoms with E-state index in [1.165, 1.54) is 13.0 Å². The molecule has 1 aromatic heterocycles. The third kappa shape index (κ3) is 2.18. The molecule has 0 aliphatic carbocycles. The van der Waals surface area contributed by atoms with Gasteiger partial charge < -0.3 is 10.1 Å². The first-order valence-corrected chi connectivity index (χ1v) is 3.92. The Labute approximate surface area is 75.2 Å². The summed E-state index contributed by atoms with van der Waals surface area (Å²) >= 11 is 0. The van der Waals surface area contributed by atoms with Crippen molar-refractivity contribution in [3.63, 3.8) is 0 Å². The van der Waals surface area contributed by atoms with Crippen molar-refractivity contribution in [2.75, 3.05) is 0 Å². The van der Waals surface area contributed by atoms with Crippen molar-refractivity contribution in [2.24, 2.45) is 0 Å². The molecule has 4 nitrogen and oxygen atoms in total. The topological polar surface area (TPSA) is 70.2 Å². The summed E-state index contributed by atoms with van der Waals surface area (Å²) in [6.45, 7) is 3.04. The van der Waals surface area contributed by atoms with Crippen LogP contribution in [0.25, 0.3) is 0 Å². The van der Waals surface area contributed by atoms with Crippen LogP contribution in [0.2, 0.25) is 0 Å². The van der Waals surface area contributed by atoms with E-state index in [0.29, 0.717) is 5.69 Å². The maximum Gasteiger partial charge on any atom is 0.255 e. The molecule has 1 aromatic rings. The van der Waals surface area contributed by atoms with Gasteiger partial charge in [-0.25, -0.2) is 0 Å². The van der Waals surface area contributed by atoms with Crippen molar-refractivity contribution < 1.29 is 9.90 Å². The number of rotatable bonds is 2. The summed E-state index contributed by atoms with van der Waals surface area (Å²) in [5, 5.41) is 9.35. The molecule has 0 bridgehead atoms. The van der Waals surface area contributed by atoms with E-state index in [9.17, 15) is 14.7 Å². The number of pyridine rings is 1. The van der Waals surface area contributed by atoms with Crippen LogP contribution in [0.4, 0.5) is 0 Å². The Morgan fingerprint density at radius 1 is 1.62 bits per heavy atom. The van der Waals surface area contributed by atoms with Crippen molar-refractivity contribution >= 4 is 5.78 Å². The Morgan fingerprint density at radius 3 is 2.69 bits per heavy atom. The van der Waals surface area contributed by atoms with E-state index >= 15 is 0 Å². The first kappa shape index (κ1) is 9.51. The second-order valence-corrected chi connectivity index (χ2v) is 3.02. The van der Waals surface area contributed by atoms with E-state index < -0.39 is 5.56 Å². The van der Waals surface area contributed by atoms with Gasteiger partial charge in [0.1, 0.15) is 11.5 Å². The quantitative estimate of drug-likeness (QED) is 0.698. The largest absolute Gasteiger partial charge is 0.507 e. The molecule has 0 saturated carbocycles. The summed E-state index contributed by atoms with van der Waals surface area (Å²) in [6, 6.07) is 1.43. The van der Waals surface area contributed by atoms with Crippen LogP contribution in [0.1, 0.15) is 18.2 Å². The molecular formula is C9H11NO3. The maximum atomic E-state index is 11.2. The van der Waals surface area contributed by atoms with Gasteiger partial charge >= 0.3 is 0 Å². The van der Waals surface area contributed by atoms with Gasteiger partial charge in [0.15, 0.2) is 0 Å². The zero-order chi connectivity index (χ0) is 10.0. The Morgan fingerprint density at radius 2 is 2.23 bits per heavy atom. The predicted molar refractivity (Wildman–Crippen MR) is 47.8 cm³/mol. The minimum absolute atomic E-state index is 0.0263. The highest BCUT2D eigenvalue weighted by Crippen LogP contribution is 2.13. The van der Waals surface area contributed by atoms with E-state index in [4.69, 9.17) is 0 Å². The van der Waals surface area contributed by atoms with Crippen molar-refractivity contribution in [3.8, 4) is 5.75 Å². The first-order chi connectivity index (χ1) is 6.00. The highest BCUT2D eigenvalue weighted by atomic mass is 16.3. The number of aromatic nitrogens is 1. The Hall–Kier alpha value is -1.58. The van der Waals surface area contributed by atoms with E-state index in [-0.39, 0.29) is 23.5 Å². The van der Waals surface area contributed by atoms with Crippen LogP contribution in [-0.4, -0.2) is 15.9 Å². The fraction of sp³-hybridized carbons (Fsp3) is 0.333. The minimum atomic E-state index is -0.396. The number of nitrogens with one attached hydrogen (secondary N) is 1. The standard InChI is InChI=1S/C9H11NO3/c1-5-3-8(12)7(4-6(2)11)9(13)10-5/h3H,4H2,1-2H3,(H2,10,12,13). The minimum Gasteiger partial charge on any atom is -0.507 e. The molecule has 0 saturated heterocycles. The number of aromatic amines is 1. The number of hydrogen-bond acceptors (Lipinski definition) is 3. The summed E-state index contributed by atoms with van der Waals surface area (Å²) in [4.78, 5) is 24.5. The molecule has 0 aliphatic heterocycles. The molecule has 70 valence electrons. The SMILES string of the molecule is CC(=O)Cc1c(O)cc(C)[nH]c1=O. The molecule has 0 aromatic carbocycles. The number of aryl methyl sites for hydroxylation is 1. The van der Waals surface area contributed by atoms with Gasteiger partial charge in [0.2, 0.25) is 0 Å². The fourth-order valence-corrected chi connectivity index (χ4v) is 1.12. The van der Waals surface area contributed by atoms with Gasteiger partial charge in [-0.2, -0.15) is 0 Å². The van der Waals surface area contributed by atoms with Crippen LogP contribution in [-0.2, 0) is 11.2 Å². The number of Topliss-reactive ketones (excluding diaryl/α,β-unsaturated/α-hetero) is 1. The molecule has 0 atom stereocenters. The molecule has 1 heterocycles. The van der Waals surface area contributed by atoms with E-state index in [2.05, 4.69) is 4.98 Å². The van der Waals surface area contributed by atoms with Gasteiger partial charge in [-0.15, -0.1) is 0 Å². The summed E-state index contributed by atoms with van der Waals surface area (Å²) in [5.41, 5.74) is 0.320. The Balaban J connectivity index is 3.21. The van der Waals surface area contributed by atoms with Crippen LogP contribution in [0.3, 0.4) is 0 Å². The van der Waals surface area contributed by atoms with Crippen molar-refractivity contribution in [3.05, 3.63) is 27.7 Å². The fourth-order valence-electron chi connectivity index (χ4n) is 1.12. The normalized spacial score (nSPS) is 10.0. The first-order valence-electron chi connectivity index (χ1n) is 3.92. The lowest BCUT2D eigenvalue weighted by Gasteiger charge is -2.01. The second-order valence-electron chi connectivity index (χ2n) is 3.02. The number of carbonyl (C=O) groups is 1. The van der Waals surface area contributed by atoms with Gasteiger partial charge in [-0.1, -0.05) is 0 Å². The molecule has 1 rings (SSSR count). The third-order valence-corrected chi connectivity index (χ3v) is 1.67. The lowest BCUT2D eigenvalue weighted by atomic mass is 10.1. The lowest BCUT2D eigenvalue weighted by Crippen LogP contribution is -2.16. The van der Waals surface area contributed by atoms with Crippen molar-refractivity contribution in [1.29, 1.82) is 0 Å². The molecule has 13 heavy (non-hydrogen) atoms. The van der Waals surface area contributed by atoms with Crippen LogP contribution in [0, 0.1) is 6.92 Å². The molecular weight excluding hydrogens is 170 g/mol. The van der Waals surface area contributed by atoms with Gasteiger partial charge in [0.25, 0.3) is 5.56 Å². The summed E-state index contributed by atoms with van der Waals surface area (Å²) in [6.07, 6.45) is -0.0263. The maximum absolute atomic E-state index is 11.2. The smallest absolute Gasteiger partial charge is 0.255 e. The van der Waals surface area contributed by atoms with Crippen molar-refractivity contribution in [1.82, 2.24) is 4.98 Å². The summed E-state index contributed by atoms with van der Waals surface area (Å²) in [5.74, 6) is -0.263. The Bertz CT molecular complexity index is 392. The molecule has 0 spiro atoms. The average molecular weight is 181 g/mol. The van der Waals surface area contributed by atoms with Crippen LogP contribution in [0.5, 0.6) is 5.75 Å². The van der Waals surface area contributed by atoms with E-state index in [0.717, 1.165) is 0 Å². The molecule has 4 heteroatoms. The van der Waals surface area contributed by atoms with Crippen molar-refractivity contribution in [2.45, 2.75) is 20.3 Å². The number of ketones is 1. The Kier molecular flexibility index (Phi) is 2.51. The lowest BCUT2D eigenvalue weighted by molar-refractivity contribution is -0.116. The number of hydrogen-bond donors (Lipinski definition) is 2. The number of H-pyrrole nitrogens is 1. The molecule has 2 N–H and O–H groups in total. The van der Waals surface area contributed by atoms with Gasteiger partial charge in [-0.3, -0.25) is 9.59 Å². The highest BCUT2D eigenvalue weighted by Gasteiger charge is 2.09. The molecule has 0 radical (unpaired) electrons. The summed E-state index contributed by atoms with van der Waals surface area (Å²) < 4.78 is 0.